The van der Waals surface area contributed by atoms with E-state index in [0.29, 0.717) is 11.3 Å². The lowest BCUT2D eigenvalue weighted by atomic mass is 10.1. The molecule has 4 heteroatoms. The standard InChI is InChI=1S/C13H11BrFNO/c1-8-11(14)5-6-13(16(8)2)10-4-3-9(17)7-12(10)15/h3-7,17H,1H2,2H3. The lowest BCUT2D eigenvalue weighted by Gasteiger charge is -2.27. The van der Waals surface area contributed by atoms with Crippen molar-refractivity contribution in [2.75, 3.05) is 7.05 Å². The topological polar surface area (TPSA) is 23.5 Å². The van der Waals surface area contributed by atoms with Crippen molar-refractivity contribution in [3.8, 4) is 5.75 Å². The predicted octanol–water partition coefficient (Wildman–Crippen LogP) is 3.61. The second-order valence-electron chi connectivity index (χ2n) is 3.74. The van der Waals surface area contributed by atoms with Crippen LogP contribution in [0, 0.1) is 5.82 Å². The lowest BCUT2D eigenvalue weighted by molar-refractivity contribution is 0.468. The third-order valence-corrected chi connectivity index (χ3v) is 3.38. The van der Waals surface area contributed by atoms with Gasteiger partial charge >= 0.3 is 0 Å². The van der Waals surface area contributed by atoms with Crippen LogP contribution in [0.4, 0.5) is 4.39 Å². The molecular formula is C13H11BrFNO. The fourth-order valence-electron chi connectivity index (χ4n) is 1.65. The van der Waals surface area contributed by atoms with Gasteiger partial charge in [0.05, 0.1) is 5.70 Å². The summed E-state index contributed by atoms with van der Waals surface area (Å²) in [6, 6.07) is 4.11. The summed E-state index contributed by atoms with van der Waals surface area (Å²) in [5.41, 5.74) is 1.90. The van der Waals surface area contributed by atoms with Gasteiger partial charge in [-0.3, -0.25) is 0 Å². The van der Waals surface area contributed by atoms with Crippen LogP contribution in [-0.2, 0) is 0 Å². The number of aromatic hydroxyl groups is 1. The quantitative estimate of drug-likeness (QED) is 0.855. The zero-order valence-electron chi connectivity index (χ0n) is 9.24. The Morgan fingerprint density at radius 3 is 2.71 bits per heavy atom. The van der Waals surface area contributed by atoms with E-state index in [4.69, 9.17) is 0 Å². The molecule has 2 nitrogen and oxygen atoms in total. The number of phenolic OH excluding ortho intramolecular Hbond substituents is 1. The smallest absolute Gasteiger partial charge is 0.136 e. The van der Waals surface area contributed by atoms with E-state index in [1.807, 2.05) is 13.1 Å². The second kappa shape index (κ2) is 4.37. The zero-order valence-corrected chi connectivity index (χ0v) is 10.8. The van der Waals surface area contributed by atoms with Gasteiger partial charge in [-0.15, -0.1) is 0 Å². The van der Waals surface area contributed by atoms with Crippen molar-refractivity contribution in [1.29, 1.82) is 0 Å². The van der Waals surface area contributed by atoms with Crippen LogP contribution >= 0.6 is 15.9 Å². The van der Waals surface area contributed by atoms with E-state index in [9.17, 15) is 9.50 Å². The minimum absolute atomic E-state index is 0.0825. The summed E-state index contributed by atoms with van der Waals surface area (Å²) in [5, 5.41) is 9.19. The molecular weight excluding hydrogens is 285 g/mol. The molecule has 1 aliphatic rings. The second-order valence-corrected chi connectivity index (χ2v) is 4.59. The van der Waals surface area contributed by atoms with Crippen LogP contribution in [0.1, 0.15) is 5.56 Å². The summed E-state index contributed by atoms with van der Waals surface area (Å²) < 4.78 is 14.6. The number of nitrogens with zero attached hydrogens (tertiary/aromatic N) is 1. The van der Waals surface area contributed by atoms with Crippen molar-refractivity contribution in [2.24, 2.45) is 0 Å². The normalized spacial score (nSPS) is 15.7. The van der Waals surface area contributed by atoms with Crippen molar-refractivity contribution in [3.05, 3.63) is 58.5 Å². The lowest BCUT2D eigenvalue weighted by Crippen LogP contribution is -2.18. The summed E-state index contributed by atoms with van der Waals surface area (Å²) in [6.07, 6.45) is 3.62. The zero-order chi connectivity index (χ0) is 12.6. The van der Waals surface area contributed by atoms with Gasteiger partial charge in [0, 0.05) is 28.9 Å². The highest BCUT2D eigenvalue weighted by atomic mass is 79.9. The molecule has 0 aliphatic carbocycles. The Morgan fingerprint density at radius 2 is 2.06 bits per heavy atom. The van der Waals surface area contributed by atoms with Gasteiger partial charge in [0.25, 0.3) is 0 Å². The first-order valence-electron chi connectivity index (χ1n) is 5.00. The molecule has 2 rings (SSSR count). The van der Waals surface area contributed by atoms with Gasteiger partial charge < -0.3 is 10.0 Å². The van der Waals surface area contributed by atoms with Crippen LogP contribution in [0.25, 0.3) is 5.70 Å². The molecule has 0 amide bonds. The summed E-state index contributed by atoms with van der Waals surface area (Å²) in [6.45, 7) is 3.90. The number of hydrogen-bond donors (Lipinski definition) is 1. The summed E-state index contributed by atoms with van der Waals surface area (Å²) >= 11 is 3.37. The Bertz CT molecular complexity index is 548. The van der Waals surface area contributed by atoms with E-state index in [1.54, 1.807) is 17.0 Å². The van der Waals surface area contributed by atoms with E-state index in [1.165, 1.54) is 6.07 Å². The van der Waals surface area contributed by atoms with Crippen LogP contribution in [0.5, 0.6) is 5.75 Å². The van der Waals surface area contributed by atoms with Crippen LogP contribution in [0.15, 0.2) is 47.1 Å². The van der Waals surface area contributed by atoms with Crippen molar-refractivity contribution in [1.82, 2.24) is 4.90 Å². The Labute approximate surface area is 107 Å². The van der Waals surface area contributed by atoms with Gasteiger partial charge in [-0.2, -0.15) is 0 Å². The highest BCUT2D eigenvalue weighted by Gasteiger charge is 2.18. The van der Waals surface area contributed by atoms with Crippen LogP contribution in [-0.4, -0.2) is 17.1 Å². The number of hydrogen-bond acceptors (Lipinski definition) is 2. The van der Waals surface area contributed by atoms with Crippen molar-refractivity contribution in [3.63, 3.8) is 0 Å². The highest BCUT2D eigenvalue weighted by Crippen LogP contribution is 2.33. The molecule has 1 N–H and O–H groups in total. The Hall–Kier alpha value is -1.55. The number of allylic oxidation sites excluding steroid dienone is 3. The Morgan fingerprint density at radius 1 is 1.35 bits per heavy atom. The fraction of sp³-hybridized carbons (Fsp3) is 0.0769. The molecule has 0 bridgehead atoms. The molecule has 0 unspecified atom stereocenters. The fourth-order valence-corrected chi connectivity index (χ4v) is 2.05. The third kappa shape index (κ3) is 2.13. The third-order valence-electron chi connectivity index (χ3n) is 2.66. The minimum Gasteiger partial charge on any atom is -0.508 e. The molecule has 0 atom stereocenters. The molecule has 1 aromatic rings. The molecule has 88 valence electrons. The minimum atomic E-state index is -0.456. The number of phenols is 1. The van der Waals surface area contributed by atoms with E-state index in [2.05, 4.69) is 22.5 Å². The monoisotopic (exact) mass is 295 g/mol. The number of benzene rings is 1. The van der Waals surface area contributed by atoms with Gasteiger partial charge in [-0.25, -0.2) is 4.39 Å². The number of halogens is 2. The molecule has 0 saturated heterocycles. The summed E-state index contributed by atoms with van der Waals surface area (Å²) in [7, 11) is 1.81. The summed E-state index contributed by atoms with van der Waals surface area (Å²) in [5.74, 6) is -0.539. The van der Waals surface area contributed by atoms with E-state index < -0.39 is 5.82 Å². The average Bonchev–Trinajstić information content (AvgIpc) is 2.28. The van der Waals surface area contributed by atoms with Gasteiger partial charge in [-0.1, -0.05) is 6.58 Å². The van der Waals surface area contributed by atoms with Crippen LogP contribution in [0.3, 0.4) is 0 Å². The largest absolute Gasteiger partial charge is 0.508 e. The van der Waals surface area contributed by atoms with Crippen molar-refractivity contribution in [2.45, 2.75) is 0 Å². The SMILES string of the molecule is C=C1C(Br)=CC=C(c2ccc(O)cc2F)N1C. The molecule has 1 aliphatic heterocycles. The predicted molar refractivity (Wildman–Crippen MR) is 70.0 cm³/mol. The van der Waals surface area contributed by atoms with Gasteiger partial charge in [-0.05, 0) is 40.2 Å². The van der Waals surface area contributed by atoms with E-state index >= 15 is 0 Å². The Kier molecular flexibility index (Phi) is 3.07. The number of rotatable bonds is 1. The van der Waals surface area contributed by atoms with Gasteiger partial charge in [0.15, 0.2) is 0 Å². The molecule has 0 saturated carbocycles. The molecule has 1 heterocycles. The Balaban J connectivity index is 2.51. The first kappa shape index (κ1) is 11.9. The maximum absolute atomic E-state index is 13.7. The first-order chi connectivity index (χ1) is 8.00. The number of likely N-dealkylation sites (N-methyl/N-ethyl adjacent to an activating group) is 1. The molecule has 17 heavy (non-hydrogen) atoms. The molecule has 1 aromatic carbocycles. The summed E-state index contributed by atoms with van der Waals surface area (Å²) in [4.78, 5) is 1.79. The van der Waals surface area contributed by atoms with Gasteiger partial charge in [0.2, 0.25) is 0 Å². The first-order valence-corrected chi connectivity index (χ1v) is 5.79. The maximum atomic E-state index is 13.7. The van der Waals surface area contributed by atoms with Crippen molar-refractivity contribution >= 4 is 21.6 Å². The molecule has 0 spiro atoms. The van der Waals surface area contributed by atoms with Crippen LogP contribution in [0.2, 0.25) is 0 Å². The van der Waals surface area contributed by atoms with Crippen LogP contribution < -0.4 is 0 Å². The van der Waals surface area contributed by atoms with Crippen molar-refractivity contribution < 1.29 is 9.50 Å². The average molecular weight is 296 g/mol. The molecule has 0 fully saturated rings. The highest BCUT2D eigenvalue weighted by molar-refractivity contribution is 9.12. The van der Waals surface area contributed by atoms with Gasteiger partial charge in [0.1, 0.15) is 11.6 Å². The molecule has 0 radical (unpaired) electrons. The van der Waals surface area contributed by atoms with E-state index in [0.717, 1.165) is 16.2 Å². The molecule has 0 aromatic heterocycles. The maximum Gasteiger partial charge on any atom is 0.136 e. The van der Waals surface area contributed by atoms with E-state index in [-0.39, 0.29) is 5.75 Å².